The number of hydrogen-bond acceptors (Lipinski definition) is 3. The summed E-state index contributed by atoms with van der Waals surface area (Å²) < 4.78 is 0. The van der Waals surface area contributed by atoms with Crippen LogP contribution in [0.25, 0.3) is 0 Å². The Balaban J connectivity index is 2.13. The third-order valence-electron chi connectivity index (χ3n) is 3.99. The molecule has 1 aromatic carbocycles. The Kier molecular flexibility index (Phi) is 4.92. The van der Waals surface area contributed by atoms with Gasteiger partial charge in [0.15, 0.2) is 5.96 Å². The Morgan fingerprint density at radius 2 is 2.15 bits per heavy atom. The van der Waals surface area contributed by atoms with Crippen molar-refractivity contribution >= 4 is 23.2 Å². The van der Waals surface area contributed by atoms with E-state index in [4.69, 9.17) is 17.3 Å². The summed E-state index contributed by atoms with van der Waals surface area (Å²) in [5.41, 5.74) is 7.11. The highest BCUT2D eigenvalue weighted by Gasteiger charge is 2.38. The zero-order valence-corrected chi connectivity index (χ0v) is 13.2. The van der Waals surface area contributed by atoms with Crippen LogP contribution in [-0.4, -0.2) is 18.0 Å². The summed E-state index contributed by atoms with van der Waals surface area (Å²) in [4.78, 5) is 6.60. The summed E-state index contributed by atoms with van der Waals surface area (Å²) in [7, 11) is 0. The van der Waals surface area contributed by atoms with E-state index >= 15 is 0 Å². The van der Waals surface area contributed by atoms with Gasteiger partial charge in [0.1, 0.15) is 0 Å². The van der Waals surface area contributed by atoms with E-state index in [0.717, 1.165) is 23.7 Å². The van der Waals surface area contributed by atoms with E-state index in [1.807, 2.05) is 24.3 Å². The van der Waals surface area contributed by atoms with Gasteiger partial charge in [0.25, 0.3) is 0 Å². The molecule has 0 radical (unpaired) electrons. The Bertz CT molecular complexity index is 486. The van der Waals surface area contributed by atoms with Crippen LogP contribution < -0.4 is 10.6 Å². The summed E-state index contributed by atoms with van der Waals surface area (Å²) in [6.07, 6.45) is 6.14. The Morgan fingerprint density at radius 3 is 2.85 bits per heavy atom. The predicted octanol–water partition coefficient (Wildman–Crippen LogP) is 4.20. The number of nitrogens with two attached hydrogens (primary N) is 1. The van der Waals surface area contributed by atoms with Crippen LogP contribution in [0, 0.1) is 0 Å². The highest BCUT2D eigenvalue weighted by atomic mass is 35.5. The standard InChI is InChI=1S/C16H24ClN3/c1-3-4-5-6-10-16(2)12-19-15(18)20(16)14-9-7-8-13(17)11-14/h7-9,11H,3-6,10,12H2,1-2H3,(H2,18,19). The molecule has 2 rings (SSSR count). The maximum atomic E-state index is 6.10. The molecule has 0 aliphatic carbocycles. The van der Waals surface area contributed by atoms with Crippen LogP contribution in [0.1, 0.15) is 46.0 Å². The van der Waals surface area contributed by atoms with Crippen LogP contribution in [0.15, 0.2) is 29.3 Å². The number of benzene rings is 1. The van der Waals surface area contributed by atoms with Crippen molar-refractivity contribution in [3.63, 3.8) is 0 Å². The minimum atomic E-state index is -0.0253. The maximum Gasteiger partial charge on any atom is 0.196 e. The normalized spacial score (nSPS) is 22.1. The van der Waals surface area contributed by atoms with Crippen molar-refractivity contribution in [1.29, 1.82) is 0 Å². The highest BCUT2D eigenvalue weighted by Crippen LogP contribution is 2.33. The van der Waals surface area contributed by atoms with Crippen molar-refractivity contribution in [2.75, 3.05) is 11.4 Å². The fourth-order valence-electron chi connectivity index (χ4n) is 2.85. The molecule has 1 atom stereocenters. The van der Waals surface area contributed by atoms with Crippen molar-refractivity contribution < 1.29 is 0 Å². The van der Waals surface area contributed by atoms with Crippen LogP contribution >= 0.6 is 11.6 Å². The molecular formula is C16H24ClN3. The van der Waals surface area contributed by atoms with Crippen molar-refractivity contribution in [3.05, 3.63) is 29.3 Å². The molecule has 4 heteroatoms. The lowest BCUT2D eigenvalue weighted by Crippen LogP contribution is -2.50. The summed E-state index contributed by atoms with van der Waals surface area (Å²) in [5.74, 6) is 0.602. The molecule has 0 saturated carbocycles. The van der Waals surface area contributed by atoms with Gasteiger partial charge in [-0.05, 0) is 31.5 Å². The monoisotopic (exact) mass is 293 g/mol. The van der Waals surface area contributed by atoms with Gasteiger partial charge in [-0.3, -0.25) is 4.99 Å². The van der Waals surface area contributed by atoms with E-state index in [0.29, 0.717) is 5.96 Å². The Labute approximate surface area is 126 Å². The van der Waals surface area contributed by atoms with Crippen LogP contribution in [0.2, 0.25) is 5.02 Å². The van der Waals surface area contributed by atoms with E-state index in [1.165, 1.54) is 25.7 Å². The zero-order chi connectivity index (χ0) is 14.6. The molecule has 1 aromatic rings. The molecule has 110 valence electrons. The van der Waals surface area contributed by atoms with Gasteiger partial charge in [-0.2, -0.15) is 0 Å². The Hall–Kier alpha value is -1.22. The first-order chi connectivity index (χ1) is 9.57. The van der Waals surface area contributed by atoms with Gasteiger partial charge in [0.2, 0.25) is 0 Å². The lowest BCUT2D eigenvalue weighted by Gasteiger charge is -2.36. The number of nitrogens with zero attached hydrogens (tertiary/aromatic N) is 2. The van der Waals surface area contributed by atoms with E-state index in [1.54, 1.807) is 0 Å². The largest absolute Gasteiger partial charge is 0.369 e. The number of rotatable bonds is 6. The van der Waals surface area contributed by atoms with Gasteiger partial charge >= 0.3 is 0 Å². The molecule has 1 aliphatic rings. The molecule has 0 bridgehead atoms. The van der Waals surface area contributed by atoms with Crippen LogP contribution in [0.3, 0.4) is 0 Å². The zero-order valence-electron chi connectivity index (χ0n) is 12.4. The number of anilines is 1. The van der Waals surface area contributed by atoms with Crippen molar-refractivity contribution in [1.82, 2.24) is 0 Å². The quantitative estimate of drug-likeness (QED) is 0.799. The molecule has 0 saturated heterocycles. The summed E-state index contributed by atoms with van der Waals surface area (Å²) in [5, 5.41) is 0.732. The summed E-state index contributed by atoms with van der Waals surface area (Å²) in [6.45, 7) is 5.23. The molecule has 0 spiro atoms. The molecule has 0 amide bonds. The fraction of sp³-hybridized carbons (Fsp3) is 0.562. The first-order valence-corrected chi connectivity index (χ1v) is 7.80. The van der Waals surface area contributed by atoms with Gasteiger partial charge in [0, 0.05) is 10.7 Å². The van der Waals surface area contributed by atoms with E-state index in [-0.39, 0.29) is 5.54 Å². The fourth-order valence-corrected chi connectivity index (χ4v) is 3.04. The molecular weight excluding hydrogens is 270 g/mol. The van der Waals surface area contributed by atoms with Crippen molar-refractivity contribution in [3.8, 4) is 0 Å². The Morgan fingerprint density at radius 1 is 1.35 bits per heavy atom. The number of guanidine groups is 1. The SMILES string of the molecule is CCCCCCC1(C)CN=C(N)N1c1cccc(Cl)c1. The van der Waals surface area contributed by atoms with Gasteiger partial charge in [0.05, 0.1) is 12.1 Å². The average molecular weight is 294 g/mol. The predicted molar refractivity (Wildman–Crippen MR) is 87.6 cm³/mol. The van der Waals surface area contributed by atoms with Crippen molar-refractivity contribution in [2.45, 2.75) is 51.5 Å². The maximum absolute atomic E-state index is 6.10. The molecule has 0 fully saturated rings. The molecule has 20 heavy (non-hydrogen) atoms. The minimum absolute atomic E-state index is 0.0253. The molecule has 3 nitrogen and oxygen atoms in total. The number of unbranched alkanes of at least 4 members (excludes halogenated alkanes) is 3. The van der Waals surface area contributed by atoms with Crippen LogP contribution in [0.5, 0.6) is 0 Å². The number of aliphatic imine (C=N–C) groups is 1. The van der Waals surface area contributed by atoms with Crippen LogP contribution in [0.4, 0.5) is 5.69 Å². The smallest absolute Gasteiger partial charge is 0.196 e. The topological polar surface area (TPSA) is 41.6 Å². The first kappa shape index (κ1) is 15.2. The second-order valence-corrected chi connectivity index (χ2v) is 6.23. The average Bonchev–Trinajstić information content (AvgIpc) is 2.71. The van der Waals surface area contributed by atoms with E-state index in [2.05, 4.69) is 23.7 Å². The summed E-state index contributed by atoms with van der Waals surface area (Å²) in [6, 6.07) is 7.84. The molecule has 1 unspecified atom stereocenters. The molecule has 0 aromatic heterocycles. The molecule has 2 N–H and O–H groups in total. The summed E-state index contributed by atoms with van der Waals surface area (Å²) >= 11 is 6.10. The first-order valence-electron chi connectivity index (χ1n) is 7.42. The number of hydrogen-bond donors (Lipinski definition) is 1. The van der Waals surface area contributed by atoms with Crippen LogP contribution in [-0.2, 0) is 0 Å². The van der Waals surface area contributed by atoms with Gasteiger partial charge in [-0.15, -0.1) is 0 Å². The van der Waals surface area contributed by atoms with Gasteiger partial charge in [-0.1, -0.05) is 50.3 Å². The lowest BCUT2D eigenvalue weighted by atomic mass is 9.92. The number of halogens is 1. The second kappa shape index (κ2) is 6.49. The third-order valence-corrected chi connectivity index (χ3v) is 4.22. The van der Waals surface area contributed by atoms with E-state index < -0.39 is 0 Å². The second-order valence-electron chi connectivity index (χ2n) is 5.80. The minimum Gasteiger partial charge on any atom is -0.369 e. The lowest BCUT2D eigenvalue weighted by molar-refractivity contribution is 0.435. The van der Waals surface area contributed by atoms with Gasteiger partial charge < -0.3 is 10.6 Å². The third kappa shape index (κ3) is 3.26. The van der Waals surface area contributed by atoms with Crippen molar-refractivity contribution in [2.24, 2.45) is 10.7 Å². The highest BCUT2D eigenvalue weighted by molar-refractivity contribution is 6.31. The molecule has 1 aliphatic heterocycles. The van der Waals surface area contributed by atoms with E-state index in [9.17, 15) is 0 Å². The molecule has 1 heterocycles. The van der Waals surface area contributed by atoms with Gasteiger partial charge in [-0.25, -0.2) is 0 Å².